The first-order chi connectivity index (χ1) is 15.7. The Morgan fingerprint density at radius 2 is 2.00 bits per heavy atom. The molecule has 5 rings (SSSR count). The van der Waals surface area contributed by atoms with Gasteiger partial charge in [0.2, 0.25) is 0 Å². The fourth-order valence-electron chi connectivity index (χ4n) is 4.48. The van der Waals surface area contributed by atoms with Crippen molar-refractivity contribution in [3.63, 3.8) is 0 Å². The molecule has 2 heterocycles. The zero-order chi connectivity index (χ0) is 21.9. The largest absolute Gasteiger partial charge is 0.357 e. The van der Waals surface area contributed by atoms with Crippen LogP contribution in [-0.4, -0.2) is 15.9 Å². The van der Waals surface area contributed by atoms with Crippen LogP contribution in [0.2, 0.25) is 0 Å². The monoisotopic (exact) mass is 428 g/mol. The highest BCUT2D eigenvalue weighted by Crippen LogP contribution is 2.35. The summed E-state index contributed by atoms with van der Waals surface area (Å²) in [7, 11) is 0. The van der Waals surface area contributed by atoms with Gasteiger partial charge in [-0.05, 0) is 72.4 Å². The molecule has 162 valence electrons. The number of hydrogen-bond acceptors (Lipinski definition) is 3. The highest BCUT2D eigenvalue weighted by Gasteiger charge is 2.24. The van der Waals surface area contributed by atoms with E-state index in [9.17, 15) is 9.18 Å². The summed E-state index contributed by atoms with van der Waals surface area (Å²) in [6.45, 7) is 1.06. The zero-order valence-corrected chi connectivity index (χ0v) is 17.7. The van der Waals surface area contributed by atoms with E-state index in [2.05, 4.69) is 20.6 Å². The van der Waals surface area contributed by atoms with E-state index in [1.165, 1.54) is 17.3 Å². The Balaban J connectivity index is 1.34. The van der Waals surface area contributed by atoms with Crippen molar-refractivity contribution in [1.29, 1.82) is 0 Å². The first kappa shape index (κ1) is 20.4. The number of halogens is 1. The summed E-state index contributed by atoms with van der Waals surface area (Å²) < 4.78 is 13.5. The number of fused-ring (bicyclic) bond motifs is 3. The minimum atomic E-state index is -0.214. The van der Waals surface area contributed by atoms with Gasteiger partial charge in [0.25, 0.3) is 5.91 Å². The first-order valence-corrected chi connectivity index (χ1v) is 11.0. The maximum absolute atomic E-state index is 13.5. The summed E-state index contributed by atoms with van der Waals surface area (Å²) in [6, 6.07) is 16.5. The number of hydrogen-bond donors (Lipinski definition) is 3. The highest BCUT2D eigenvalue weighted by atomic mass is 19.1. The minimum absolute atomic E-state index is 0.0951. The molecule has 1 unspecified atom stereocenters. The Bertz CT molecular complexity index is 1250. The lowest BCUT2D eigenvalue weighted by Crippen LogP contribution is -2.25. The van der Waals surface area contributed by atoms with Gasteiger partial charge in [0.05, 0.1) is 0 Å². The van der Waals surface area contributed by atoms with Crippen molar-refractivity contribution >= 4 is 16.8 Å². The van der Waals surface area contributed by atoms with Crippen LogP contribution in [-0.2, 0) is 19.5 Å². The van der Waals surface area contributed by atoms with Crippen LogP contribution in [0.15, 0.2) is 67.0 Å². The molecule has 0 aliphatic heterocycles. The normalized spacial score (nSPS) is 15.5. The van der Waals surface area contributed by atoms with Gasteiger partial charge in [-0.25, -0.2) is 4.39 Å². The van der Waals surface area contributed by atoms with Crippen molar-refractivity contribution in [2.45, 2.75) is 38.4 Å². The fourth-order valence-corrected chi connectivity index (χ4v) is 4.48. The Morgan fingerprint density at radius 1 is 1.09 bits per heavy atom. The SMILES string of the molecule is O=C(NCc1cccnc1)c1ccc2[nH]c3c(c2c1)CCCC3NCc1cccc(F)c1. The molecule has 5 nitrogen and oxygen atoms in total. The van der Waals surface area contributed by atoms with Crippen LogP contribution in [0, 0.1) is 5.82 Å². The average molecular weight is 429 g/mol. The zero-order valence-electron chi connectivity index (χ0n) is 17.7. The van der Waals surface area contributed by atoms with E-state index in [1.54, 1.807) is 24.5 Å². The van der Waals surface area contributed by atoms with Crippen molar-refractivity contribution in [3.05, 3.63) is 101 Å². The average Bonchev–Trinajstić information content (AvgIpc) is 3.20. The quantitative estimate of drug-likeness (QED) is 0.413. The predicted octanol–water partition coefficient (Wildman–Crippen LogP) is 4.80. The Labute approximate surface area is 186 Å². The van der Waals surface area contributed by atoms with Crippen LogP contribution >= 0.6 is 0 Å². The van der Waals surface area contributed by atoms with Crippen LogP contribution in [0.1, 0.15) is 51.6 Å². The lowest BCUT2D eigenvalue weighted by Gasteiger charge is -2.24. The number of amides is 1. The molecule has 1 aliphatic rings. The number of carbonyl (C=O) groups excluding carboxylic acids is 1. The molecule has 0 saturated carbocycles. The molecule has 4 aromatic rings. The smallest absolute Gasteiger partial charge is 0.251 e. The number of aromatic nitrogens is 2. The number of H-pyrrole nitrogens is 1. The number of pyridine rings is 1. The van der Waals surface area contributed by atoms with Gasteiger partial charge in [0.1, 0.15) is 5.82 Å². The Kier molecular flexibility index (Phi) is 5.69. The van der Waals surface area contributed by atoms with Crippen molar-refractivity contribution < 1.29 is 9.18 Å². The molecule has 1 amide bonds. The third-order valence-corrected chi connectivity index (χ3v) is 6.09. The molecule has 0 spiro atoms. The van der Waals surface area contributed by atoms with Crippen LogP contribution in [0.25, 0.3) is 10.9 Å². The Morgan fingerprint density at radius 3 is 2.84 bits per heavy atom. The molecule has 1 aliphatic carbocycles. The number of benzene rings is 2. The second-order valence-corrected chi connectivity index (χ2v) is 8.28. The van der Waals surface area contributed by atoms with E-state index >= 15 is 0 Å². The second kappa shape index (κ2) is 8.93. The van der Waals surface area contributed by atoms with Gasteiger partial charge in [0.15, 0.2) is 0 Å². The molecule has 6 heteroatoms. The van der Waals surface area contributed by atoms with Crippen LogP contribution < -0.4 is 10.6 Å². The summed E-state index contributed by atoms with van der Waals surface area (Å²) >= 11 is 0. The number of aryl methyl sites for hydroxylation is 1. The van der Waals surface area contributed by atoms with Gasteiger partial charge in [0, 0.05) is 53.7 Å². The lowest BCUT2D eigenvalue weighted by molar-refractivity contribution is 0.0951. The molecule has 2 aromatic heterocycles. The van der Waals surface area contributed by atoms with E-state index in [-0.39, 0.29) is 17.8 Å². The molecular weight excluding hydrogens is 403 g/mol. The molecule has 0 bridgehead atoms. The van der Waals surface area contributed by atoms with Gasteiger partial charge in [-0.3, -0.25) is 9.78 Å². The van der Waals surface area contributed by atoms with Crippen LogP contribution in [0.5, 0.6) is 0 Å². The molecule has 0 saturated heterocycles. The number of nitrogens with zero attached hydrogens (tertiary/aromatic N) is 1. The summed E-state index contributed by atoms with van der Waals surface area (Å²) in [5.41, 5.74) is 6.03. The molecule has 3 N–H and O–H groups in total. The number of rotatable bonds is 6. The molecule has 0 radical (unpaired) electrons. The Hall–Kier alpha value is -3.51. The maximum Gasteiger partial charge on any atom is 0.251 e. The third-order valence-electron chi connectivity index (χ3n) is 6.09. The van der Waals surface area contributed by atoms with Crippen LogP contribution in [0.3, 0.4) is 0 Å². The summed E-state index contributed by atoms with van der Waals surface area (Å²) in [6.07, 6.45) is 6.54. The van der Waals surface area contributed by atoms with Crippen molar-refractivity contribution in [2.75, 3.05) is 0 Å². The minimum Gasteiger partial charge on any atom is -0.357 e. The first-order valence-electron chi connectivity index (χ1n) is 11.0. The van der Waals surface area contributed by atoms with Gasteiger partial charge < -0.3 is 15.6 Å². The van der Waals surface area contributed by atoms with E-state index in [4.69, 9.17) is 0 Å². The number of nitrogens with one attached hydrogen (secondary N) is 3. The van der Waals surface area contributed by atoms with E-state index in [0.29, 0.717) is 18.7 Å². The van der Waals surface area contributed by atoms with Gasteiger partial charge in [-0.15, -0.1) is 0 Å². The fraction of sp³-hybridized carbons (Fsp3) is 0.231. The van der Waals surface area contributed by atoms with E-state index in [0.717, 1.165) is 41.3 Å². The van der Waals surface area contributed by atoms with Gasteiger partial charge >= 0.3 is 0 Å². The maximum atomic E-state index is 13.5. The standard InChI is InChI=1S/C26H25FN4O/c27-20-6-1-4-17(12-20)15-29-24-8-2-7-21-22-13-19(9-10-23(22)31-25(21)24)26(32)30-16-18-5-3-11-28-14-18/h1,3-6,9-14,24,29,31H,2,7-8,15-16H2,(H,30,32). The van der Waals surface area contributed by atoms with Gasteiger partial charge in [-0.2, -0.15) is 0 Å². The van der Waals surface area contributed by atoms with Crippen molar-refractivity contribution in [1.82, 2.24) is 20.6 Å². The molecule has 2 aromatic carbocycles. The number of carbonyl (C=O) groups is 1. The van der Waals surface area contributed by atoms with Gasteiger partial charge in [-0.1, -0.05) is 18.2 Å². The summed E-state index contributed by atoms with van der Waals surface area (Å²) in [4.78, 5) is 20.4. The molecule has 1 atom stereocenters. The predicted molar refractivity (Wildman–Crippen MR) is 123 cm³/mol. The van der Waals surface area contributed by atoms with E-state index in [1.807, 2.05) is 36.4 Å². The summed E-state index contributed by atoms with van der Waals surface area (Å²) in [5, 5.41) is 7.65. The van der Waals surface area contributed by atoms with Crippen molar-refractivity contribution in [3.8, 4) is 0 Å². The number of aromatic amines is 1. The molecule has 0 fully saturated rings. The van der Waals surface area contributed by atoms with Crippen molar-refractivity contribution in [2.24, 2.45) is 0 Å². The third kappa shape index (κ3) is 4.27. The van der Waals surface area contributed by atoms with E-state index < -0.39 is 0 Å². The summed E-state index contributed by atoms with van der Waals surface area (Å²) in [5.74, 6) is -0.309. The lowest BCUT2D eigenvalue weighted by atomic mass is 9.91. The molecule has 32 heavy (non-hydrogen) atoms. The second-order valence-electron chi connectivity index (χ2n) is 8.28. The molecular formula is C26H25FN4O. The topological polar surface area (TPSA) is 69.8 Å². The highest BCUT2D eigenvalue weighted by molar-refractivity contribution is 5.99. The van der Waals surface area contributed by atoms with Crippen LogP contribution in [0.4, 0.5) is 4.39 Å².